The van der Waals surface area contributed by atoms with Gasteiger partial charge in [-0.2, -0.15) is 4.37 Å². The molecule has 10 nitrogen and oxygen atoms in total. The molecular formula is C17H26N4O6S. The molecule has 2 N–H and O–H groups in total. The van der Waals surface area contributed by atoms with Crippen LogP contribution in [0.5, 0.6) is 5.88 Å². The van der Waals surface area contributed by atoms with Crippen molar-refractivity contribution in [3.8, 4) is 5.88 Å². The Hall–Kier alpha value is -2.24. The molecule has 1 fully saturated rings. The molecule has 0 amide bonds. The van der Waals surface area contributed by atoms with Crippen LogP contribution in [0.1, 0.15) is 20.8 Å². The summed E-state index contributed by atoms with van der Waals surface area (Å²) in [5.41, 5.74) is -0.192. The van der Waals surface area contributed by atoms with Crippen LogP contribution in [0.4, 0.5) is 5.82 Å². The molecule has 0 saturated carbocycles. The fourth-order valence-electron chi connectivity index (χ4n) is 2.30. The molecule has 0 aromatic carbocycles. The molecular weight excluding hydrogens is 388 g/mol. The first-order valence-electron chi connectivity index (χ1n) is 8.89. The zero-order valence-electron chi connectivity index (χ0n) is 16.2. The largest absolute Gasteiger partial charge is 0.478 e. The molecule has 0 bridgehead atoms. The standard InChI is InChI=1S/C17H26N4O6S/c1-17(2,3)18-10-12(27-14(24)5-4-13(22)23)11-26-16-15(19-28-20-16)21-6-8-25-9-7-21/h4-5,12,18H,6-11H2,1-3H3,(H,22,23)/b5-4-. The van der Waals surface area contributed by atoms with Crippen molar-refractivity contribution >= 4 is 29.5 Å². The summed E-state index contributed by atoms with van der Waals surface area (Å²) in [5, 5.41) is 11.9. The van der Waals surface area contributed by atoms with Crippen LogP contribution in [0.15, 0.2) is 12.2 Å². The molecule has 2 rings (SSSR count). The van der Waals surface area contributed by atoms with Crippen LogP contribution in [0.2, 0.25) is 0 Å². The normalized spacial score (nSPS) is 16.2. The van der Waals surface area contributed by atoms with E-state index in [9.17, 15) is 9.59 Å². The van der Waals surface area contributed by atoms with E-state index < -0.39 is 18.0 Å². The number of aromatic nitrogens is 2. The Morgan fingerprint density at radius 3 is 2.68 bits per heavy atom. The first-order valence-corrected chi connectivity index (χ1v) is 9.62. The highest BCUT2D eigenvalue weighted by Crippen LogP contribution is 2.26. The van der Waals surface area contributed by atoms with Gasteiger partial charge in [-0.15, -0.1) is 4.37 Å². The number of anilines is 1. The summed E-state index contributed by atoms with van der Waals surface area (Å²) in [7, 11) is 0. The number of carbonyl (C=O) groups excluding carboxylic acids is 1. The molecule has 0 radical (unpaired) electrons. The van der Waals surface area contributed by atoms with E-state index in [1.165, 1.54) is 0 Å². The first kappa shape index (κ1) is 22.1. The Balaban J connectivity index is 1.98. The minimum atomic E-state index is -1.22. The van der Waals surface area contributed by atoms with E-state index >= 15 is 0 Å². The molecule has 1 aromatic rings. The van der Waals surface area contributed by atoms with Crippen molar-refractivity contribution in [3.05, 3.63) is 12.2 Å². The van der Waals surface area contributed by atoms with Crippen LogP contribution >= 0.6 is 11.7 Å². The third-order valence-electron chi connectivity index (χ3n) is 3.66. The van der Waals surface area contributed by atoms with Gasteiger partial charge in [-0.3, -0.25) is 0 Å². The van der Waals surface area contributed by atoms with Crippen LogP contribution < -0.4 is 15.0 Å². The first-order chi connectivity index (χ1) is 13.2. The Morgan fingerprint density at radius 1 is 1.32 bits per heavy atom. The summed E-state index contributed by atoms with van der Waals surface area (Å²) < 4.78 is 24.9. The number of ether oxygens (including phenoxy) is 3. The predicted molar refractivity (Wildman–Crippen MR) is 103 cm³/mol. The van der Waals surface area contributed by atoms with E-state index in [1.54, 1.807) is 0 Å². The molecule has 0 spiro atoms. The minimum Gasteiger partial charge on any atom is -0.478 e. The Kier molecular flexibility index (Phi) is 8.15. The van der Waals surface area contributed by atoms with E-state index in [0.29, 0.717) is 44.5 Å². The van der Waals surface area contributed by atoms with Crippen LogP contribution in [0, 0.1) is 0 Å². The van der Waals surface area contributed by atoms with Gasteiger partial charge in [-0.05, 0) is 20.8 Å². The van der Waals surface area contributed by atoms with Crippen LogP contribution in [0.3, 0.4) is 0 Å². The molecule has 1 aromatic heterocycles. The molecule has 0 aliphatic carbocycles. The second kappa shape index (κ2) is 10.3. The highest BCUT2D eigenvalue weighted by Gasteiger charge is 2.23. The maximum atomic E-state index is 11.9. The zero-order chi connectivity index (χ0) is 20.6. The lowest BCUT2D eigenvalue weighted by molar-refractivity contribution is -0.145. The Morgan fingerprint density at radius 2 is 2.04 bits per heavy atom. The van der Waals surface area contributed by atoms with E-state index in [2.05, 4.69) is 14.1 Å². The van der Waals surface area contributed by atoms with Gasteiger partial charge in [0.15, 0.2) is 0 Å². The summed E-state index contributed by atoms with van der Waals surface area (Å²) in [4.78, 5) is 24.4. The third kappa shape index (κ3) is 7.79. The monoisotopic (exact) mass is 414 g/mol. The van der Waals surface area contributed by atoms with Crippen LogP contribution in [-0.4, -0.2) is 76.9 Å². The summed E-state index contributed by atoms with van der Waals surface area (Å²) >= 11 is 1.05. The number of hydrogen-bond acceptors (Lipinski definition) is 10. The molecule has 156 valence electrons. The number of rotatable bonds is 9. The quantitative estimate of drug-likeness (QED) is 0.441. The molecule has 1 unspecified atom stereocenters. The summed E-state index contributed by atoms with van der Waals surface area (Å²) in [5.74, 6) is -0.949. The number of nitrogens with zero attached hydrogens (tertiary/aromatic N) is 3. The summed E-state index contributed by atoms with van der Waals surface area (Å²) in [6.45, 7) is 8.97. The fraction of sp³-hybridized carbons (Fsp3) is 0.647. The number of hydrogen-bond donors (Lipinski definition) is 2. The van der Waals surface area contributed by atoms with E-state index in [4.69, 9.17) is 19.3 Å². The zero-order valence-corrected chi connectivity index (χ0v) is 17.0. The van der Waals surface area contributed by atoms with Crippen molar-refractivity contribution in [2.45, 2.75) is 32.4 Å². The van der Waals surface area contributed by atoms with Gasteiger partial charge in [0.05, 0.1) is 24.9 Å². The molecule has 1 aliphatic rings. The fourth-order valence-corrected chi connectivity index (χ4v) is 2.82. The second-order valence-electron chi connectivity index (χ2n) is 7.16. The van der Waals surface area contributed by atoms with Gasteiger partial charge in [-0.1, -0.05) is 0 Å². The van der Waals surface area contributed by atoms with Crippen molar-refractivity contribution in [3.63, 3.8) is 0 Å². The van der Waals surface area contributed by atoms with Crippen molar-refractivity contribution in [2.24, 2.45) is 0 Å². The second-order valence-corrected chi connectivity index (χ2v) is 7.69. The van der Waals surface area contributed by atoms with Gasteiger partial charge in [0.25, 0.3) is 5.88 Å². The Labute approximate surface area is 167 Å². The van der Waals surface area contributed by atoms with Gasteiger partial charge >= 0.3 is 11.9 Å². The molecule has 1 atom stereocenters. The smallest absolute Gasteiger partial charge is 0.331 e. The van der Waals surface area contributed by atoms with E-state index in [-0.39, 0.29) is 12.1 Å². The van der Waals surface area contributed by atoms with Crippen LogP contribution in [-0.2, 0) is 19.1 Å². The van der Waals surface area contributed by atoms with Gasteiger partial charge in [0.1, 0.15) is 12.7 Å². The Bertz CT molecular complexity index is 681. The highest BCUT2D eigenvalue weighted by molar-refractivity contribution is 6.99. The number of aliphatic carboxylic acids is 1. The summed E-state index contributed by atoms with van der Waals surface area (Å²) in [6, 6.07) is 0. The average Bonchev–Trinajstić information content (AvgIpc) is 3.11. The van der Waals surface area contributed by atoms with Gasteiger partial charge < -0.3 is 29.5 Å². The SMILES string of the molecule is CC(C)(C)NCC(COc1nsnc1N1CCOCC1)OC(=O)/C=C\C(=O)O. The van der Waals surface area contributed by atoms with E-state index in [0.717, 1.165) is 23.9 Å². The summed E-state index contributed by atoms with van der Waals surface area (Å²) in [6.07, 6.45) is 0.971. The van der Waals surface area contributed by atoms with Gasteiger partial charge in [-0.25, -0.2) is 9.59 Å². The number of carbonyl (C=O) groups is 2. The average molecular weight is 414 g/mol. The van der Waals surface area contributed by atoms with Crippen molar-refractivity contribution in [1.82, 2.24) is 14.1 Å². The van der Waals surface area contributed by atoms with Crippen molar-refractivity contribution in [2.75, 3.05) is 44.4 Å². The number of carboxylic acids is 1. The van der Waals surface area contributed by atoms with Crippen molar-refractivity contribution < 1.29 is 28.9 Å². The third-order valence-corrected chi connectivity index (χ3v) is 4.17. The van der Waals surface area contributed by atoms with Gasteiger partial charge in [0.2, 0.25) is 5.82 Å². The lowest BCUT2D eigenvalue weighted by atomic mass is 10.1. The molecule has 2 heterocycles. The molecule has 1 saturated heterocycles. The number of nitrogens with one attached hydrogen (secondary N) is 1. The molecule has 28 heavy (non-hydrogen) atoms. The molecule has 1 aliphatic heterocycles. The van der Waals surface area contributed by atoms with Crippen LogP contribution in [0.25, 0.3) is 0 Å². The number of esters is 1. The number of carboxylic acid groups (broad SMARTS) is 1. The lowest BCUT2D eigenvalue weighted by Gasteiger charge is -2.27. The lowest BCUT2D eigenvalue weighted by Crippen LogP contribution is -2.44. The molecule has 11 heteroatoms. The maximum absolute atomic E-state index is 11.9. The predicted octanol–water partition coefficient (Wildman–Crippen LogP) is 0.694. The number of morpholine rings is 1. The highest BCUT2D eigenvalue weighted by atomic mass is 32.1. The van der Waals surface area contributed by atoms with Crippen molar-refractivity contribution in [1.29, 1.82) is 0 Å². The maximum Gasteiger partial charge on any atom is 0.331 e. The topological polar surface area (TPSA) is 123 Å². The van der Waals surface area contributed by atoms with E-state index in [1.807, 2.05) is 25.7 Å². The minimum absolute atomic E-state index is 0.0541. The van der Waals surface area contributed by atoms with Gasteiger partial charge in [0, 0.05) is 37.3 Å².